The number of nitrogens with zero attached hydrogens (tertiary/aromatic N) is 1. The number of rotatable bonds is 33. The standard InChI is InChI=1S/C42H71NO7/c1-6-8-10-12-14-16-17-18-19-20-21-22-23-24-25-27-29-31-33-41(45)50-38(36-48-35-34-39(42(46)47)43(3,4)5)37-49-40(44)32-30-28-26-15-13-11-9-7-2/h10,12,14,16-22,38-39H,6-9,11,13,15,23-37H2,1-5H3/p+1/b12-10+,16-14+,18-17+,20-19+,22-21+. The molecule has 50 heavy (non-hydrogen) atoms. The first-order chi connectivity index (χ1) is 24.1. The predicted octanol–water partition coefficient (Wildman–Crippen LogP) is 9.85. The smallest absolute Gasteiger partial charge is 0.362 e. The molecule has 0 radical (unpaired) electrons. The highest BCUT2D eigenvalue weighted by Crippen LogP contribution is 2.13. The Bertz CT molecular complexity index is 1010. The molecule has 0 bridgehead atoms. The summed E-state index contributed by atoms with van der Waals surface area (Å²) in [5.74, 6) is -1.51. The first kappa shape index (κ1) is 47.0. The van der Waals surface area contributed by atoms with Crippen molar-refractivity contribution in [3.8, 4) is 0 Å². The average Bonchev–Trinajstić information content (AvgIpc) is 3.06. The lowest BCUT2D eigenvalue weighted by molar-refractivity contribution is -0.887. The van der Waals surface area contributed by atoms with Gasteiger partial charge in [0.25, 0.3) is 0 Å². The average molecular weight is 703 g/mol. The van der Waals surface area contributed by atoms with E-state index in [1.165, 1.54) is 38.5 Å². The van der Waals surface area contributed by atoms with Gasteiger partial charge in [0, 0.05) is 19.3 Å². The zero-order valence-electron chi connectivity index (χ0n) is 32.3. The molecular weight excluding hydrogens is 630 g/mol. The van der Waals surface area contributed by atoms with Gasteiger partial charge < -0.3 is 23.8 Å². The molecule has 0 aliphatic heterocycles. The van der Waals surface area contributed by atoms with Crippen molar-refractivity contribution in [2.75, 3.05) is 41.0 Å². The largest absolute Gasteiger partial charge is 0.477 e. The van der Waals surface area contributed by atoms with E-state index in [9.17, 15) is 19.5 Å². The summed E-state index contributed by atoms with van der Waals surface area (Å²) in [6.45, 7) is 4.56. The van der Waals surface area contributed by atoms with E-state index in [1.54, 1.807) is 0 Å². The van der Waals surface area contributed by atoms with Crippen molar-refractivity contribution >= 4 is 17.9 Å². The van der Waals surface area contributed by atoms with Crippen LogP contribution >= 0.6 is 0 Å². The second kappa shape index (κ2) is 33.2. The van der Waals surface area contributed by atoms with Crippen molar-refractivity contribution in [3.63, 3.8) is 0 Å². The molecule has 1 N–H and O–H groups in total. The van der Waals surface area contributed by atoms with Gasteiger partial charge in [-0.25, -0.2) is 4.79 Å². The molecule has 8 heteroatoms. The van der Waals surface area contributed by atoms with Crippen molar-refractivity contribution in [1.82, 2.24) is 0 Å². The van der Waals surface area contributed by atoms with Gasteiger partial charge in [0.2, 0.25) is 0 Å². The predicted molar refractivity (Wildman–Crippen MR) is 206 cm³/mol. The third-order valence-corrected chi connectivity index (χ3v) is 8.28. The van der Waals surface area contributed by atoms with Gasteiger partial charge in [-0.1, -0.05) is 145 Å². The lowest BCUT2D eigenvalue weighted by Crippen LogP contribution is -2.50. The van der Waals surface area contributed by atoms with Crippen LogP contribution in [0, 0.1) is 0 Å². The molecule has 0 rings (SSSR count). The minimum atomic E-state index is -0.883. The summed E-state index contributed by atoms with van der Waals surface area (Å²) in [5, 5.41) is 9.57. The Morgan fingerprint density at radius 2 is 1.10 bits per heavy atom. The molecule has 2 atom stereocenters. The van der Waals surface area contributed by atoms with Gasteiger partial charge in [-0.3, -0.25) is 9.59 Å². The topological polar surface area (TPSA) is 99.1 Å². The number of hydrogen-bond acceptors (Lipinski definition) is 6. The Kier molecular flexibility index (Phi) is 31.2. The zero-order valence-corrected chi connectivity index (χ0v) is 32.3. The molecule has 0 saturated heterocycles. The van der Waals surface area contributed by atoms with Crippen molar-refractivity contribution in [2.24, 2.45) is 0 Å². The molecule has 0 amide bonds. The van der Waals surface area contributed by atoms with Crippen LogP contribution in [0.15, 0.2) is 60.8 Å². The van der Waals surface area contributed by atoms with Crippen molar-refractivity contribution in [2.45, 2.75) is 148 Å². The lowest BCUT2D eigenvalue weighted by Gasteiger charge is -2.31. The van der Waals surface area contributed by atoms with Crippen LogP contribution in [0.2, 0.25) is 0 Å². The Morgan fingerprint density at radius 1 is 0.600 bits per heavy atom. The number of carbonyl (C=O) groups is 3. The fourth-order valence-corrected chi connectivity index (χ4v) is 5.24. The second-order valence-electron chi connectivity index (χ2n) is 14.0. The van der Waals surface area contributed by atoms with E-state index in [0.29, 0.717) is 19.3 Å². The van der Waals surface area contributed by atoms with Gasteiger partial charge in [-0.05, 0) is 32.1 Å². The summed E-state index contributed by atoms with van der Waals surface area (Å²) in [6.07, 6.45) is 38.3. The molecule has 8 nitrogen and oxygen atoms in total. The number of carbonyl (C=O) groups excluding carboxylic acids is 2. The fourth-order valence-electron chi connectivity index (χ4n) is 5.24. The molecule has 286 valence electrons. The Balaban J connectivity index is 4.45. The summed E-state index contributed by atoms with van der Waals surface area (Å²) in [5.41, 5.74) is 0. The molecule has 0 aliphatic rings. The van der Waals surface area contributed by atoms with Gasteiger partial charge in [-0.2, -0.15) is 0 Å². The molecule has 0 fully saturated rings. The van der Waals surface area contributed by atoms with Crippen LogP contribution in [0.25, 0.3) is 0 Å². The van der Waals surface area contributed by atoms with E-state index in [-0.39, 0.29) is 36.2 Å². The van der Waals surface area contributed by atoms with Gasteiger partial charge in [0.15, 0.2) is 12.1 Å². The van der Waals surface area contributed by atoms with Crippen LogP contribution in [-0.4, -0.2) is 80.6 Å². The van der Waals surface area contributed by atoms with E-state index in [4.69, 9.17) is 14.2 Å². The molecule has 0 saturated carbocycles. The molecule has 0 spiro atoms. The van der Waals surface area contributed by atoms with Crippen molar-refractivity contribution in [3.05, 3.63) is 60.8 Å². The second-order valence-corrected chi connectivity index (χ2v) is 14.0. The molecular formula is C42H72NO7+. The number of esters is 2. The maximum absolute atomic E-state index is 12.6. The Morgan fingerprint density at radius 3 is 1.64 bits per heavy atom. The first-order valence-corrected chi connectivity index (χ1v) is 19.4. The Hall–Kier alpha value is -2.97. The SMILES string of the molecule is CCC/C=C/C=C/C=C/C=C/C=C/CCCCCCCC(=O)OC(COCCC(C(=O)O)[N+](C)(C)C)COC(=O)CCCCCCCCCC. The number of ether oxygens (including phenoxy) is 3. The monoisotopic (exact) mass is 703 g/mol. The maximum atomic E-state index is 12.6. The molecule has 0 heterocycles. The van der Waals surface area contributed by atoms with E-state index in [1.807, 2.05) is 57.6 Å². The van der Waals surface area contributed by atoms with E-state index < -0.39 is 18.1 Å². The molecule has 2 unspecified atom stereocenters. The highest BCUT2D eigenvalue weighted by molar-refractivity contribution is 5.72. The van der Waals surface area contributed by atoms with Crippen LogP contribution in [0.1, 0.15) is 136 Å². The number of likely N-dealkylation sites (N-methyl/N-ethyl adjacent to an activating group) is 1. The quantitative estimate of drug-likeness (QED) is 0.0315. The summed E-state index contributed by atoms with van der Waals surface area (Å²) < 4.78 is 17.1. The highest BCUT2D eigenvalue weighted by Gasteiger charge is 2.31. The summed E-state index contributed by atoms with van der Waals surface area (Å²) in [6, 6.07) is -0.619. The summed E-state index contributed by atoms with van der Waals surface area (Å²) in [4.78, 5) is 36.7. The third-order valence-electron chi connectivity index (χ3n) is 8.28. The number of allylic oxidation sites excluding steroid dienone is 10. The molecule has 0 aromatic heterocycles. The van der Waals surface area contributed by atoms with Crippen molar-refractivity contribution in [1.29, 1.82) is 0 Å². The number of quaternary nitrogens is 1. The van der Waals surface area contributed by atoms with Crippen LogP contribution in [0.5, 0.6) is 0 Å². The maximum Gasteiger partial charge on any atom is 0.362 e. The fraction of sp³-hybridized carbons (Fsp3) is 0.690. The van der Waals surface area contributed by atoms with Crippen LogP contribution in [0.3, 0.4) is 0 Å². The lowest BCUT2D eigenvalue weighted by atomic mass is 10.1. The van der Waals surface area contributed by atoms with Gasteiger partial charge in [-0.15, -0.1) is 0 Å². The van der Waals surface area contributed by atoms with E-state index in [0.717, 1.165) is 64.2 Å². The third kappa shape index (κ3) is 31.0. The van der Waals surface area contributed by atoms with E-state index in [2.05, 4.69) is 38.2 Å². The Labute approximate surface area is 305 Å². The molecule has 0 aromatic carbocycles. The number of carboxylic acids is 1. The number of carboxylic acid groups (broad SMARTS) is 1. The molecule has 0 aliphatic carbocycles. The van der Waals surface area contributed by atoms with Crippen molar-refractivity contribution < 1.29 is 38.2 Å². The number of unbranched alkanes of at least 4 members (excludes halogenated alkanes) is 13. The van der Waals surface area contributed by atoms with Crippen LogP contribution < -0.4 is 0 Å². The normalized spacial score (nSPS) is 13.7. The molecule has 0 aromatic rings. The van der Waals surface area contributed by atoms with Crippen LogP contribution in [-0.2, 0) is 28.6 Å². The summed E-state index contributed by atoms with van der Waals surface area (Å²) in [7, 11) is 5.50. The number of hydrogen-bond donors (Lipinski definition) is 1. The first-order valence-electron chi connectivity index (χ1n) is 19.4. The minimum Gasteiger partial charge on any atom is -0.477 e. The highest BCUT2D eigenvalue weighted by atomic mass is 16.6. The minimum absolute atomic E-state index is 0.0486. The number of aliphatic carboxylic acids is 1. The van der Waals surface area contributed by atoms with E-state index >= 15 is 0 Å². The van der Waals surface area contributed by atoms with Gasteiger partial charge in [0.05, 0.1) is 34.4 Å². The summed E-state index contributed by atoms with van der Waals surface area (Å²) >= 11 is 0. The zero-order chi connectivity index (χ0) is 37.1. The van der Waals surface area contributed by atoms with Crippen LogP contribution in [0.4, 0.5) is 0 Å². The van der Waals surface area contributed by atoms with Gasteiger partial charge in [0.1, 0.15) is 6.61 Å². The van der Waals surface area contributed by atoms with Gasteiger partial charge >= 0.3 is 17.9 Å².